The van der Waals surface area contributed by atoms with E-state index in [0.717, 1.165) is 0 Å². The van der Waals surface area contributed by atoms with E-state index >= 15 is 0 Å². The van der Waals surface area contributed by atoms with Crippen LogP contribution in [0.2, 0.25) is 0 Å². The fourth-order valence-corrected chi connectivity index (χ4v) is 1.98. The Labute approximate surface area is 122 Å². The number of phenolic OH excluding ortho intramolecular Hbond substituents is 1. The number of nitro groups is 1. The van der Waals surface area contributed by atoms with Gasteiger partial charge in [0.05, 0.1) is 10.5 Å². The second kappa shape index (κ2) is 5.70. The molecule has 0 aliphatic rings. The van der Waals surface area contributed by atoms with Gasteiger partial charge in [0.25, 0.3) is 11.6 Å². The van der Waals surface area contributed by atoms with Gasteiger partial charge < -0.3 is 10.4 Å². The molecular weight excluding hydrogens is 328 g/mol. The van der Waals surface area contributed by atoms with Crippen LogP contribution in [0.5, 0.6) is 5.75 Å². The van der Waals surface area contributed by atoms with Crippen molar-refractivity contribution in [2.45, 2.75) is 0 Å². The maximum absolute atomic E-state index is 12.0. The van der Waals surface area contributed by atoms with E-state index in [4.69, 9.17) is 0 Å². The zero-order valence-electron chi connectivity index (χ0n) is 10.0. The monoisotopic (exact) mass is 336 g/mol. The Morgan fingerprint density at radius 3 is 2.65 bits per heavy atom. The van der Waals surface area contributed by atoms with E-state index in [2.05, 4.69) is 21.2 Å². The molecule has 2 N–H and O–H groups in total. The van der Waals surface area contributed by atoms with Crippen LogP contribution in [0.25, 0.3) is 0 Å². The molecule has 7 heteroatoms. The smallest absolute Gasteiger partial charge is 0.292 e. The quantitative estimate of drug-likeness (QED) is 0.664. The van der Waals surface area contributed by atoms with Crippen molar-refractivity contribution in [3.8, 4) is 5.75 Å². The number of hydrogen-bond donors (Lipinski definition) is 2. The van der Waals surface area contributed by atoms with Crippen LogP contribution >= 0.6 is 15.9 Å². The Kier molecular flexibility index (Phi) is 3.99. The third kappa shape index (κ3) is 2.94. The van der Waals surface area contributed by atoms with Crippen LogP contribution in [0.3, 0.4) is 0 Å². The number of rotatable bonds is 3. The van der Waals surface area contributed by atoms with Gasteiger partial charge in [0, 0.05) is 10.5 Å². The minimum absolute atomic E-state index is 0.0255. The van der Waals surface area contributed by atoms with Crippen molar-refractivity contribution >= 4 is 33.2 Å². The normalized spacial score (nSPS) is 10.1. The Morgan fingerprint density at radius 2 is 1.95 bits per heavy atom. The lowest BCUT2D eigenvalue weighted by atomic mass is 10.2. The molecule has 20 heavy (non-hydrogen) atoms. The number of nitrogens with zero attached hydrogens (tertiary/aromatic N) is 1. The van der Waals surface area contributed by atoms with Crippen LogP contribution in [0.4, 0.5) is 11.4 Å². The maximum atomic E-state index is 12.0. The molecule has 0 radical (unpaired) electrons. The molecule has 102 valence electrons. The second-order valence-electron chi connectivity index (χ2n) is 3.89. The van der Waals surface area contributed by atoms with E-state index in [1.807, 2.05) is 0 Å². The first-order valence-electron chi connectivity index (χ1n) is 5.52. The maximum Gasteiger partial charge on any atom is 0.292 e. The first-order valence-corrected chi connectivity index (χ1v) is 6.31. The average molecular weight is 337 g/mol. The highest BCUT2D eigenvalue weighted by Gasteiger charge is 2.17. The van der Waals surface area contributed by atoms with Crippen molar-refractivity contribution in [2.75, 3.05) is 5.32 Å². The van der Waals surface area contributed by atoms with Crippen LogP contribution in [0.1, 0.15) is 10.4 Å². The molecular formula is C13H9BrN2O4. The van der Waals surface area contributed by atoms with Gasteiger partial charge >= 0.3 is 0 Å². The van der Waals surface area contributed by atoms with Crippen molar-refractivity contribution in [3.63, 3.8) is 0 Å². The molecule has 0 saturated carbocycles. The fourth-order valence-electron chi connectivity index (χ4n) is 1.62. The van der Waals surface area contributed by atoms with Gasteiger partial charge in [0.15, 0.2) is 0 Å². The summed E-state index contributed by atoms with van der Waals surface area (Å²) in [6.45, 7) is 0. The number of carbonyl (C=O) groups excluding carboxylic acids is 1. The van der Waals surface area contributed by atoms with Gasteiger partial charge in [-0.05, 0) is 24.3 Å². The van der Waals surface area contributed by atoms with Crippen molar-refractivity contribution in [3.05, 3.63) is 62.6 Å². The zero-order valence-corrected chi connectivity index (χ0v) is 11.6. The number of nitrogens with one attached hydrogen (secondary N) is 1. The molecule has 0 spiro atoms. The number of amides is 1. The van der Waals surface area contributed by atoms with Crippen LogP contribution in [-0.2, 0) is 0 Å². The fraction of sp³-hybridized carbons (Fsp3) is 0. The average Bonchev–Trinajstić information content (AvgIpc) is 2.41. The van der Waals surface area contributed by atoms with Gasteiger partial charge in [-0.15, -0.1) is 0 Å². The molecule has 0 atom stereocenters. The molecule has 2 aromatic carbocycles. The van der Waals surface area contributed by atoms with Crippen molar-refractivity contribution in [1.82, 2.24) is 0 Å². The Hall–Kier alpha value is -2.41. The number of nitro benzene ring substituents is 1. The Morgan fingerprint density at radius 1 is 1.25 bits per heavy atom. The van der Waals surface area contributed by atoms with Crippen molar-refractivity contribution in [2.24, 2.45) is 0 Å². The number of anilines is 1. The van der Waals surface area contributed by atoms with Crippen molar-refractivity contribution < 1.29 is 14.8 Å². The summed E-state index contributed by atoms with van der Waals surface area (Å²) in [5.74, 6) is -0.831. The molecule has 0 aromatic heterocycles. The summed E-state index contributed by atoms with van der Waals surface area (Å²) in [5, 5.41) is 22.9. The molecule has 0 heterocycles. The number of para-hydroxylation sites is 2. The lowest BCUT2D eigenvalue weighted by Crippen LogP contribution is -2.13. The first-order chi connectivity index (χ1) is 9.49. The van der Waals surface area contributed by atoms with E-state index in [1.165, 1.54) is 30.3 Å². The molecule has 0 aliphatic carbocycles. The summed E-state index contributed by atoms with van der Waals surface area (Å²) in [6, 6.07) is 10.2. The number of halogens is 1. The molecule has 0 fully saturated rings. The molecule has 0 unspecified atom stereocenters. The van der Waals surface area contributed by atoms with Gasteiger partial charge in [0.1, 0.15) is 11.4 Å². The Bertz CT molecular complexity index is 688. The summed E-state index contributed by atoms with van der Waals surface area (Å²) in [5.41, 5.74) is -0.116. The summed E-state index contributed by atoms with van der Waals surface area (Å²) in [6.07, 6.45) is 0. The van der Waals surface area contributed by atoms with E-state index in [9.17, 15) is 20.0 Å². The lowest BCUT2D eigenvalue weighted by Gasteiger charge is -2.07. The van der Waals surface area contributed by atoms with Crippen LogP contribution < -0.4 is 5.32 Å². The SMILES string of the molecule is O=C(Nc1ccccc1[N+](=O)[O-])c1cc(Br)ccc1O. The van der Waals surface area contributed by atoms with Gasteiger partial charge in [-0.1, -0.05) is 28.1 Å². The molecule has 0 aliphatic heterocycles. The highest BCUT2D eigenvalue weighted by Crippen LogP contribution is 2.26. The van der Waals surface area contributed by atoms with Gasteiger partial charge in [-0.3, -0.25) is 14.9 Å². The van der Waals surface area contributed by atoms with E-state index < -0.39 is 10.8 Å². The second-order valence-corrected chi connectivity index (χ2v) is 4.81. The van der Waals surface area contributed by atoms with Crippen LogP contribution in [0.15, 0.2) is 46.9 Å². The zero-order chi connectivity index (χ0) is 14.7. The molecule has 0 saturated heterocycles. The highest BCUT2D eigenvalue weighted by atomic mass is 79.9. The molecule has 2 aromatic rings. The molecule has 6 nitrogen and oxygen atoms in total. The third-order valence-electron chi connectivity index (χ3n) is 2.55. The molecule has 0 bridgehead atoms. The minimum atomic E-state index is -0.627. The largest absolute Gasteiger partial charge is 0.507 e. The third-order valence-corrected chi connectivity index (χ3v) is 3.05. The van der Waals surface area contributed by atoms with Crippen LogP contribution in [-0.4, -0.2) is 15.9 Å². The predicted molar refractivity (Wildman–Crippen MR) is 76.9 cm³/mol. The van der Waals surface area contributed by atoms with Crippen LogP contribution in [0, 0.1) is 10.1 Å². The van der Waals surface area contributed by atoms with E-state index in [1.54, 1.807) is 12.1 Å². The van der Waals surface area contributed by atoms with Gasteiger partial charge in [0.2, 0.25) is 0 Å². The predicted octanol–water partition coefficient (Wildman–Crippen LogP) is 3.32. The first kappa shape index (κ1) is 14.0. The summed E-state index contributed by atoms with van der Waals surface area (Å²) in [4.78, 5) is 22.3. The number of hydrogen-bond acceptors (Lipinski definition) is 4. The van der Waals surface area contributed by atoms with E-state index in [0.29, 0.717) is 4.47 Å². The summed E-state index contributed by atoms with van der Waals surface area (Å²) < 4.78 is 0.614. The number of carbonyl (C=O) groups is 1. The highest BCUT2D eigenvalue weighted by molar-refractivity contribution is 9.10. The van der Waals surface area contributed by atoms with E-state index in [-0.39, 0.29) is 22.7 Å². The summed E-state index contributed by atoms with van der Waals surface area (Å²) in [7, 11) is 0. The minimum Gasteiger partial charge on any atom is -0.507 e. The van der Waals surface area contributed by atoms with Gasteiger partial charge in [-0.2, -0.15) is 0 Å². The van der Waals surface area contributed by atoms with Crippen molar-refractivity contribution in [1.29, 1.82) is 0 Å². The standard InChI is InChI=1S/C13H9BrN2O4/c14-8-5-6-12(17)9(7-8)13(18)15-10-3-1-2-4-11(10)16(19)20/h1-7,17H,(H,15,18). The number of phenols is 1. The molecule has 2 rings (SSSR count). The summed E-state index contributed by atoms with van der Waals surface area (Å²) >= 11 is 3.19. The Balaban J connectivity index is 2.33. The number of aromatic hydroxyl groups is 1. The lowest BCUT2D eigenvalue weighted by molar-refractivity contribution is -0.383. The van der Waals surface area contributed by atoms with Gasteiger partial charge in [-0.25, -0.2) is 0 Å². The topological polar surface area (TPSA) is 92.5 Å². The number of benzene rings is 2. The molecule has 1 amide bonds.